The number of nitrogens with one attached hydrogen (secondary N) is 1. The first-order chi connectivity index (χ1) is 11.3. The topological polar surface area (TPSA) is 38.3 Å². The molecule has 2 aromatic carbocycles. The third-order valence-electron chi connectivity index (χ3n) is 3.97. The highest BCUT2D eigenvalue weighted by atomic mass is 16.5. The van der Waals surface area contributed by atoms with Crippen molar-refractivity contribution in [2.45, 2.75) is 32.4 Å². The monoisotopic (exact) mass is 307 g/mol. The first kappa shape index (κ1) is 15.3. The van der Waals surface area contributed by atoms with Crippen LogP contribution in [0.3, 0.4) is 0 Å². The Kier molecular flexibility index (Phi) is 4.77. The quantitative estimate of drug-likeness (QED) is 0.845. The summed E-state index contributed by atoms with van der Waals surface area (Å²) < 4.78 is 6.03. The van der Waals surface area contributed by atoms with Crippen LogP contribution in [0.15, 0.2) is 66.4 Å². The van der Waals surface area contributed by atoms with E-state index in [1.807, 2.05) is 48.7 Å². The van der Waals surface area contributed by atoms with Gasteiger partial charge in [0.1, 0.15) is 11.9 Å². The Balaban J connectivity index is 1.80. The van der Waals surface area contributed by atoms with Crippen LogP contribution in [0.25, 0.3) is 0 Å². The van der Waals surface area contributed by atoms with Gasteiger partial charge >= 0.3 is 0 Å². The van der Waals surface area contributed by atoms with Crippen LogP contribution in [0.5, 0.6) is 5.75 Å². The average Bonchev–Trinajstić information content (AvgIpc) is 2.59. The number of ketones is 1. The molecule has 2 aromatic rings. The number of hydrogen-bond donors (Lipinski definition) is 1. The molecule has 1 atom stereocenters. The van der Waals surface area contributed by atoms with Gasteiger partial charge in [-0.3, -0.25) is 4.79 Å². The first-order valence-electron chi connectivity index (χ1n) is 8.07. The maximum absolute atomic E-state index is 12.8. The lowest BCUT2D eigenvalue weighted by atomic mass is 9.93. The minimum absolute atomic E-state index is 0.0610. The predicted octanol–water partition coefficient (Wildman–Crippen LogP) is 4.10. The maximum atomic E-state index is 12.8. The summed E-state index contributed by atoms with van der Waals surface area (Å²) in [6.07, 6.45) is 3.45. The summed E-state index contributed by atoms with van der Waals surface area (Å²) in [4.78, 5) is 12.8. The number of benzene rings is 2. The number of carbonyl (C=O) groups is 1. The molecule has 0 aromatic heterocycles. The lowest BCUT2D eigenvalue weighted by molar-refractivity contribution is 0.0954. The van der Waals surface area contributed by atoms with E-state index in [9.17, 15) is 4.79 Å². The minimum Gasteiger partial charge on any atom is -0.485 e. The van der Waals surface area contributed by atoms with Crippen molar-refractivity contribution in [1.29, 1.82) is 0 Å². The Morgan fingerprint density at radius 3 is 2.61 bits per heavy atom. The normalized spacial score (nSPS) is 18.4. The van der Waals surface area contributed by atoms with Gasteiger partial charge < -0.3 is 10.1 Å². The molecule has 1 aliphatic rings. The van der Waals surface area contributed by atoms with Crippen LogP contribution in [0.2, 0.25) is 0 Å². The molecule has 0 radical (unpaired) electrons. The van der Waals surface area contributed by atoms with Crippen LogP contribution in [0, 0.1) is 0 Å². The number of rotatable bonds is 5. The molecule has 1 heterocycles. The molecule has 1 aliphatic heterocycles. The highest BCUT2D eigenvalue weighted by Gasteiger charge is 2.30. The third kappa shape index (κ3) is 3.45. The number of para-hydroxylation sites is 1. The summed E-state index contributed by atoms with van der Waals surface area (Å²) in [5.41, 5.74) is 2.54. The fourth-order valence-corrected chi connectivity index (χ4v) is 2.79. The number of Topliss-reactive ketones (excluding diaryl/α,β-unsaturated/α-hetero) is 1. The van der Waals surface area contributed by atoms with Gasteiger partial charge in [-0.15, -0.1) is 0 Å². The fourth-order valence-electron chi connectivity index (χ4n) is 2.79. The second-order valence-corrected chi connectivity index (χ2v) is 5.69. The van der Waals surface area contributed by atoms with E-state index in [1.54, 1.807) is 0 Å². The molecule has 1 N–H and O–H groups in total. The van der Waals surface area contributed by atoms with Crippen LogP contribution < -0.4 is 10.1 Å². The van der Waals surface area contributed by atoms with Gasteiger partial charge in [0.2, 0.25) is 0 Å². The molecule has 0 saturated heterocycles. The van der Waals surface area contributed by atoms with E-state index >= 15 is 0 Å². The Morgan fingerprint density at radius 1 is 1.09 bits per heavy atom. The molecule has 118 valence electrons. The van der Waals surface area contributed by atoms with Gasteiger partial charge in [0.05, 0.1) is 11.1 Å². The fraction of sp³-hybridized carbons (Fsp3) is 0.250. The van der Waals surface area contributed by atoms with Gasteiger partial charge in [0.25, 0.3) is 0 Å². The van der Waals surface area contributed by atoms with Crippen molar-refractivity contribution < 1.29 is 9.53 Å². The standard InChI is InChI=1S/C20H21NO2/c1-2-8-18-17(14-21-13-15-9-4-3-5-10-15)20(22)16-11-6-7-12-19(16)23-18/h3-7,9-12,14,18,21H,2,8,13H2,1H3/b17-14-. The summed E-state index contributed by atoms with van der Waals surface area (Å²) in [7, 11) is 0. The van der Waals surface area contributed by atoms with Crippen LogP contribution >= 0.6 is 0 Å². The van der Waals surface area contributed by atoms with Crippen molar-refractivity contribution in [3.05, 3.63) is 77.5 Å². The van der Waals surface area contributed by atoms with E-state index in [0.717, 1.165) is 12.8 Å². The van der Waals surface area contributed by atoms with Crippen molar-refractivity contribution in [3.63, 3.8) is 0 Å². The third-order valence-corrected chi connectivity index (χ3v) is 3.97. The molecule has 0 bridgehead atoms. The van der Waals surface area contributed by atoms with Gasteiger partial charge in [-0.2, -0.15) is 0 Å². The van der Waals surface area contributed by atoms with Crippen molar-refractivity contribution in [2.75, 3.05) is 0 Å². The number of hydrogen-bond acceptors (Lipinski definition) is 3. The highest BCUT2D eigenvalue weighted by molar-refractivity contribution is 6.12. The molecule has 0 aliphatic carbocycles. The van der Waals surface area contributed by atoms with Gasteiger partial charge in [-0.1, -0.05) is 55.8 Å². The number of ether oxygens (including phenoxy) is 1. The van der Waals surface area contributed by atoms with Gasteiger partial charge in [0, 0.05) is 12.7 Å². The van der Waals surface area contributed by atoms with E-state index in [-0.39, 0.29) is 11.9 Å². The Bertz CT molecular complexity index is 707. The molecule has 23 heavy (non-hydrogen) atoms. The molecule has 1 unspecified atom stereocenters. The summed E-state index contributed by atoms with van der Waals surface area (Å²) in [6.45, 7) is 2.79. The highest BCUT2D eigenvalue weighted by Crippen LogP contribution is 2.31. The Morgan fingerprint density at radius 2 is 1.83 bits per heavy atom. The Hall–Kier alpha value is -2.55. The van der Waals surface area contributed by atoms with Crippen LogP contribution in [-0.2, 0) is 6.54 Å². The SMILES string of the molecule is CCCC1Oc2ccccc2C(=O)/C1=C\NCc1ccccc1. The minimum atomic E-state index is -0.175. The van der Waals surface area contributed by atoms with Crippen molar-refractivity contribution in [1.82, 2.24) is 5.32 Å². The van der Waals surface area contributed by atoms with Crippen molar-refractivity contribution in [2.24, 2.45) is 0 Å². The van der Waals surface area contributed by atoms with Gasteiger partial charge in [-0.05, 0) is 24.1 Å². The molecule has 0 saturated carbocycles. The second kappa shape index (κ2) is 7.14. The molecular weight excluding hydrogens is 286 g/mol. The molecule has 3 rings (SSSR count). The molecular formula is C20H21NO2. The lowest BCUT2D eigenvalue weighted by Gasteiger charge is -2.27. The second-order valence-electron chi connectivity index (χ2n) is 5.69. The van der Waals surface area contributed by atoms with Gasteiger partial charge in [0.15, 0.2) is 5.78 Å². The molecule has 3 heteroatoms. The molecule has 0 spiro atoms. The molecule has 3 nitrogen and oxygen atoms in total. The smallest absolute Gasteiger partial charge is 0.197 e. The maximum Gasteiger partial charge on any atom is 0.197 e. The first-order valence-corrected chi connectivity index (χ1v) is 8.07. The number of carbonyl (C=O) groups excluding carboxylic acids is 1. The van der Waals surface area contributed by atoms with Crippen molar-refractivity contribution in [3.8, 4) is 5.75 Å². The zero-order valence-corrected chi connectivity index (χ0v) is 13.3. The summed E-state index contributed by atoms with van der Waals surface area (Å²) in [5.74, 6) is 0.752. The van der Waals surface area contributed by atoms with Gasteiger partial charge in [-0.25, -0.2) is 0 Å². The zero-order chi connectivity index (χ0) is 16.1. The van der Waals surface area contributed by atoms with Crippen molar-refractivity contribution >= 4 is 5.78 Å². The van der Waals surface area contributed by atoms with Crippen LogP contribution in [0.4, 0.5) is 0 Å². The largest absolute Gasteiger partial charge is 0.485 e. The lowest BCUT2D eigenvalue weighted by Crippen LogP contribution is -2.31. The molecule has 0 amide bonds. The number of fused-ring (bicyclic) bond motifs is 1. The summed E-state index contributed by atoms with van der Waals surface area (Å²) >= 11 is 0. The summed E-state index contributed by atoms with van der Waals surface area (Å²) in [6, 6.07) is 17.6. The van der Waals surface area contributed by atoms with E-state index in [0.29, 0.717) is 23.4 Å². The van der Waals surface area contributed by atoms with Crippen LogP contribution in [-0.4, -0.2) is 11.9 Å². The van der Waals surface area contributed by atoms with E-state index < -0.39 is 0 Å². The van der Waals surface area contributed by atoms with Crippen LogP contribution in [0.1, 0.15) is 35.7 Å². The van der Waals surface area contributed by atoms with E-state index in [4.69, 9.17) is 4.74 Å². The molecule has 0 fully saturated rings. The van der Waals surface area contributed by atoms with E-state index in [1.165, 1.54) is 5.56 Å². The Labute approximate surface area is 137 Å². The summed E-state index contributed by atoms with van der Waals surface area (Å²) in [5, 5.41) is 3.26. The van der Waals surface area contributed by atoms with E-state index in [2.05, 4.69) is 24.4 Å². The zero-order valence-electron chi connectivity index (χ0n) is 13.3. The predicted molar refractivity (Wildman–Crippen MR) is 91.5 cm³/mol. The average molecular weight is 307 g/mol.